The van der Waals surface area contributed by atoms with E-state index in [1.54, 1.807) is 18.2 Å². The van der Waals surface area contributed by atoms with Crippen molar-refractivity contribution < 1.29 is 14.3 Å². The van der Waals surface area contributed by atoms with Gasteiger partial charge in [0.2, 0.25) is 5.91 Å². The van der Waals surface area contributed by atoms with Gasteiger partial charge in [0.25, 0.3) is 5.91 Å². The van der Waals surface area contributed by atoms with Crippen LogP contribution in [0.5, 0.6) is 5.75 Å². The number of fused-ring (bicyclic) bond motifs is 3. The molecule has 2 amide bonds. The molecule has 2 atom stereocenters. The van der Waals surface area contributed by atoms with Crippen LogP contribution < -0.4 is 9.64 Å². The van der Waals surface area contributed by atoms with Crippen LogP contribution in [0.25, 0.3) is 10.9 Å². The summed E-state index contributed by atoms with van der Waals surface area (Å²) in [6.45, 7) is 2.79. The maximum absolute atomic E-state index is 13.3. The first-order valence-electron chi connectivity index (χ1n) is 10.0. The second-order valence-electron chi connectivity index (χ2n) is 7.83. The fraction of sp³-hybridized carbons (Fsp3) is 0.304. The highest BCUT2D eigenvalue weighted by atomic mass is 35.5. The fourth-order valence-corrected chi connectivity index (χ4v) is 5.01. The van der Waals surface area contributed by atoms with Gasteiger partial charge < -0.3 is 9.72 Å². The number of hydrogen-bond donors (Lipinski definition) is 1. The molecule has 1 saturated heterocycles. The molecule has 2 aliphatic rings. The average molecular weight is 424 g/mol. The van der Waals surface area contributed by atoms with Gasteiger partial charge in [-0.25, -0.2) is 4.90 Å². The molecule has 0 spiro atoms. The third-order valence-corrected chi connectivity index (χ3v) is 6.52. The average Bonchev–Trinajstić information content (AvgIpc) is 3.25. The number of ether oxygens (including phenoxy) is 1. The van der Waals surface area contributed by atoms with E-state index >= 15 is 0 Å². The third-order valence-electron chi connectivity index (χ3n) is 6.29. The molecule has 0 saturated carbocycles. The van der Waals surface area contributed by atoms with Gasteiger partial charge in [-0.15, -0.1) is 0 Å². The molecule has 1 fully saturated rings. The number of carbonyl (C=O) groups is 2. The van der Waals surface area contributed by atoms with Crippen LogP contribution in [0.2, 0.25) is 5.02 Å². The molecule has 0 aliphatic carbocycles. The molecule has 0 radical (unpaired) electrons. The van der Waals surface area contributed by atoms with Gasteiger partial charge in [0.1, 0.15) is 5.75 Å². The van der Waals surface area contributed by atoms with E-state index in [2.05, 4.69) is 16.8 Å². The van der Waals surface area contributed by atoms with Crippen molar-refractivity contribution in [3.63, 3.8) is 0 Å². The number of nitrogens with zero attached hydrogens (tertiary/aromatic N) is 2. The molecule has 0 bridgehead atoms. The van der Waals surface area contributed by atoms with E-state index in [9.17, 15) is 9.59 Å². The summed E-state index contributed by atoms with van der Waals surface area (Å²) in [4.78, 5) is 33.1. The Hall–Kier alpha value is -2.83. The number of imide groups is 1. The first-order chi connectivity index (χ1) is 14.5. The van der Waals surface area contributed by atoms with Crippen molar-refractivity contribution in [2.24, 2.45) is 0 Å². The van der Waals surface area contributed by atoms with E-state index < -0.39 is 6.04 Å². The molecule has 2 aromatic carbocycles. The lowest BCUT2D eigenvalue weighted by molar-refractivity contribution is -0.123. The zero-order valence-corrected chi connectivity index (χ0v) is 17.6. The summed E-state index contributed by atoms with van der Waals surface area (Å²) in [5.74, 6) is 0.121. The van der Waals surface area contributed by atoms with Crippen molar-refractivity contribution >= 4 is 40.0 Å². The number of methoxy groups -OCH3 is 1. The number of anilines is 1. The Kier molecular flexibility index (Phi) is 4.56. The highest BCUT2D eigenvalue weighted by Crippen LogP contribution is 2.39. The van der Waals surface area contributed by atoms with E-state index in [4.69, 9.17) is 16.3 Å². The van der Waals surface area contributed by atoms with Crippen molar-refractivity contribution in [1.29, 1.82) is 0 Å². The van der Waals surface area contributed by atoms with Gasteiger partial charge in [-0.3, -0.25) is 14.5 Å². The molecule has 2 unspecified atom stereocenters. The predicted octanol–water partition coefficient (Wildman–Crippen LogP) is 4.08. The number of nitrogens with one attached hydrogen (secondary N) is 1. The van der Waals surface area contributed by atoms with Gasteiger partial charge in [0, 0.05) is 34.2 Å². The molecule has 30 heavy (non-hydrogen) atoms. The van der Waals surface area contributed by atoms with Crippen molar-refractivity contribution in [2.45, 2.75) is 31.8 Å². The summed E-state index contributed by atoms with van der Waals surface area (Å²) in [6, 6.07) is 12.5. The van der Waals surface area contributed by atoms with Crippen LogP contribution in [0.4, 0.5) is 5.69 Å². The Morgan fingerprint density at radius 1 is 1.17 bits per heavy atom. The SMILES string of the molecule is COc1ccccc1N1C(=O)CC(N2CCc3c([nH]c4ccc(Cl)cc34)C2C)C1=O. The maximum Gasteiger partial charge on any atom is 0.251 e. The Balaban J connectivity index is 1.48. The Morgan fingerprint density at radius 3 is 2.77 bits per heavy atom. The smallest absolute Gasteiger partial charge is 0.251 e. The van der Waals surface area contributed by atoms with Gasteiger partial charge in [-0.2, -0.15) is 0 Å². The number of aromatic nitrogens is 1. The van der Waals surface area contributed by atoms with Gasteiger partial charge in [0.05, 0.1) is 25.3 Å². The van der Waals surface area contributed by atoms with Crippen LogP contribution in [0.3, 0.4) is 0 Å². The number of halogens is 1. The number of benzene rings is 2. The van der Waals surface area contributed by atoms with E-state index in [0.29, 0.717) is 23.0 Å². The summed E-state index contributed by atoms with van der Waals surface area (Å²) in [7, 11) is 1.54. The van der Waals surface area contributed by atoms with Gasteiger partial charge in [0.15, 0.2) is 0 Å². The van der Waals surface area contributed by atoms with E-state index in [1.807, 2.05) is 24.3 Å². The summed E-state index contributed by atoms with van der Waals surface area (Å²) >= 11 is 6.20. The molecular weight excluding hydrogens is 402 g/mol. The minimum absolute atomic E-state index is 0.0145. The van der Waals surface area contributed by atoms with Gasteiger partial charge in [-0.1, -0.05) is 23.7 Å². The number of aromatic amines is 1. The number of hydrogen-bond acceptors (Lipinski definition) is 4. The van der Waals surface area contributed by atoms with Gasteiger partial charge in [-0.05, 0) is 49.2 Å². The van der Waals surface area contributed by atoms with Crippen LogP contribution in [0, 0.1) is 0 Å². The van der Waals surface area contributed by atoms with E-state index in [1.165, 1.54) is 17.6 Å². The minimum atomic E-state index is -0.486. The largest absolute Gasteiger partial charge is 0.495 e. The maximum atomic E-state index is 13.3. The lowest BCUT2D eigenvalue weighted by atomic mass is 9.96. The van der Waals surface area contributed by atoms with Crippen LogP contribution in [-0.4, -0.2) is 41.4 Å². The van der Waals surface area contributed by atoms with Crippen LogP contribution >= 0.6 is 11.6 Å². The molecule has 3 heterocycles. The molecule has 1 aromatic heterocycles. The lowest BCUT2D eigenvalue weighted by Crippen LogP contribution is -2.46. The van der Waals surface area contributed by atoms with Crippen LogP contribution in [0.1, 0.15) is 30.6 Å². The van der Waals surface area contributed by atoms with Crippen molar-refractivity contribution in [1.82, 2.24) is 9.88 Å². The molecule has 5 rings (SSSR count). The second-order valence-corrected chi connectivity index (χ2v) is 8.27. The monoisotopic (exact) mass is 423 g/mol. The summed E-state index contributed by atoms with van der Waals surface area (Å²) in [5, 5.41) is 1.84. The second kappa shape index (κ2) is 7.15. The topological polar surface area (TPSA) is 65.6 Å². The first-order valence-corrected chi connectivity index (χ1v) is 10.4. The van der Waals surface area contributed by atoms with Gasteiger partial charge >= 0.3 is 0 Å². The highest BCUT2D eigenvalue weighted by molar-refractivity contribution is 6.31. The molecule has 1 N–H and O–H groups in total. The molecule has 3 aromatic rings. The predicted molar refractivity (Wildman–Crippen MR) is 116 cm³/mol. The zero-order valence-electron chi connectivity index (χ0n) is 16.8. The molecule has 154 valence electrons. The number of para-hydroxylation sites is 2. The molecule has 7 heteroatoms. The Labute approximate surface area is 179 Å². The highest BCUT2D eigenvalue weighted by Gasteiger charge is 2.46. The fourth-order valence-electron chi connectivity index (χ4n) is 4.84. The minimum Gasteiger partial charge on any atom is -0.495 e. The first kappa shape index (κ1) is 19.2. The number of H-pyrrole nitrogens is 1. The van der Waals surface area contributed by atoms with E-state index in [0.717, 1.165) is 23.0 Å². The summed E-state index contributed by atoms with van der Waals surface area (Å²) in [6.07, 6.45) is 0.968. The molecular formula is C23H22ClN3O3. The van der Waals surface area contributed by atoms with Crippen LogP contribution in [-0.2, 0) is 16.0 Å². The van der Waals surface area contributed by atoms with E-state index in [-0.39, 0.29) is 24.3 Å². The summed E-state index contributed by atoms with van der Waals surface area (Å²) in [5.41, 5.74) is 3.88. The molecule has 6 nitrogen and oxygen atoms in total. The standard InChI is InChI=1S/C23H22ClN3O3/c1-13-22-15(16-11-14(24)7-8-17(16)25-22)9-10-26(13)19-12-21(28)27(23(19)29)18-5-3-4-6-20(18)30-2/h3-8,11,13,19,25H,9-10,12H2,1-2H3. The van der Waals surface area contributed by atoms with Crippen molar-refractivity contribution in [3.05, 3.63) is 58.7 Å². The van der Waals surface area contributed by atoms with Crippen molar-refractivity contribution in [3.8, 4) is 5.75 Å². The summed E-state index contributed by atoms with van der Waals surface area (Å²) < 4.78 is 5.37. The third kappa shape index (κ3) is 2.82. The lowest BCUT2D eigenvalue weighted by Gasteiger charge is -2.36. The number of carbonyl (C=O) groups excluding carboxylic acids is 2. The number of rotatable bonds is 3. The van der Waals surface area contributed by atoms with Crippen LogP contribution in [0.15, 0.2) is 42.5 Å². The zero-order chi connectivity index (χ0) is 21.0. The number of amides is 2. The Morgan fingerprint density at radius 2 is 1.97 bits per heavy atom. The normalized spacial score (nSPS) is 22.0. The molecule has 2 aliphatic heterocycles. The Bertz CT molecular complexity index is 1170. The quantitative estimate of drug-likeness (QED) is 0.644. The van der Waals surface area contributed by atoms with Crippen molar-refractivity contribution in [2.75, 3.05) is 18.6 Å².